The highest BCUT2D eigenvalue weighted by Gasteiger charge is 2.52. The number of carbonyl (C=O) groups excluding carboxylic acids is 4. The minimum absolute atomic E-state index is 0.121. The van der Waals surface area contributed by atoms with E-state index < -0.39 is 30.3 Å². The van der Waals surface area contributed by atoms with Gasteiger partial charge in [0.1, 0.15) is 0 Å². The van der Waals surface area contributed by atoms with Crippen molar-refractivity contribution in [3.8, 4) is 0 Å². The molecule has 1 saturated carbocycles. The summed E-state index contributed by atoms with van der Waals surface area (Å²) in [5.74, 6) is -2.95. The van der Waals surface area contributed by atoms with E-state index in [9.17, 15) is 19.2 Å². The van der Waals surface area contributed by atoms with Crippen LogP contribution in [0.1, 0.15) is 23.2 Å². The van der Waals surface area contributed by atoms with E-state index in [0.29, 0.717) is 18.5 Å². The van der Waals surface area contributed by atoms with Crippen LogP contribution in [0, 0.1) is 11.8 Å². The number of rotatable bonds is 5. The largest absolute Gasteiger partial charge is 0.452 e. The van der Waals surface area contributed by atoms with E-state index in [4.69, 9.17) is 27.9 Å². The maximum Gasteiger partial charge on any atom is 0.338 e. The van der Waals surface area contributed by atoms with Crippen LogP contribution >= 0.6 is 23.2 Å². The fourth-order valence-corrected chi connectivity index (χ4v) is 4.64. The molecule has 0 radical (unpaired) electrons. The van der Waals surface area contributed by atoms with E-state index in [1.165, 1.54) is 12.1 Å². The minimum Gasteiger partial charge on any atom is -0.452 e. The molecular weight excluding hydrogens is 455 g/mol. The number of alkyl halides is 2. The Morgan fingerprint density at radius 2 is 1.56 bits per heavy atom. The molecule has 4 atom stereocenters. The van der Waals surface area contributed by atoms with Crippen LogP contribution in [0.4, 0.5) is 11.4 Å². The number of hydrogen-bond acceptors (Lipinski definition) is 5. The SMILES string of the molecule is O=C(COC(=O)c1cccc(N2C(=O)[C@@H]3C[C@H](Cl)[C@@H](Cl)C[C@H]3C2=O)c1)Nc1ccccc1. The number of benzene rings is 2. The first kappa shape index (κ1) is 22.3. The summed E-state index contributed by atoms with van der Waals surface area (Å²) in [4.78, 5) is 51.3. The number of fused-ring (bicyclic) bond motifs is 1. The molecule has 1 saturated heterocycles. The first-order chi connectivity index (χ1) is 15.3. The highest BCUT2D eigenvalue weighted by Crippen LogP contribution is 2.43. The summed E-state index contributed by atoms with van der Waals surface area (Å²) in [6.07, 6.45) is 0.666. The summed E-state index contributed by atoms with van der Waals surface area (Å²) in [6, 6.07) is 14.8. The smallest absolute Gasteiger partial charge is 0.338 e. The fraction of sp³-hybridized carbons (Fsp3) is 0.304. The number of nitrogens with zero attached hydrogens (tertiary/aromatic N) is 1. The van der Waals surface area contributed by atoms with Crippen molar-refractivity contribution in [1.29, 1.82) is 0 Å². The lowest BCUT2D eigenvalue weighted by atomic mass is 9.80. The predicted octanol–water partition coefficient (Wildman–Crippen LogP) is 3.60. The highest BCUT2D eigenvalue weighted by atomic mass is 35.5. The molecule has 7 nitrogen and oxygen atoms in total. The number of hydrogen-bond donors (Lipinski definition) is 1. The molecule has 0 bridgehead atoms. The molecule has 2 aliphatic rings. The van der Waals surface area contributed by atoms with E-state index in [1.54, 1.807) is 36.4 Å². The van der Waals surface area contributed by atoms with E-state index in [-0.39, 0.29) is 33.8 Å². The number of ether oxygens (including phenoxy) is 1. The lowest BCUT2D eigenvalue weighted by Gasteiger charge is -2.28. The van der Waals surface area contributed by atoms with Crippen LogP contribution in [0.25, 0.3) is 0 Å². The zero-order valence-electron chi connectivity index (χ0n) is 16.9. The number of nitrogens with one attached hydrogen (secondary N) is 1. The average Bonchev–Trinajstić information content (AvgIpc) is 3.02. The zero-order chi connectivity index (χ0) is 22.8. The van der Waals surface area contributed by atoms with Gasteiger partial charge in [-0.2, -0.15) is 0 Å². The standard InChI is InChI=1S/C23H20Cl2N2O5/c24-18-10-16-17(11-19(18)25)22(30)27(21(16)29)15-8-4-5-13(9-15)23(31)32-12-20(28)26-14-6-2-1-3-7-14/h1-9,16-19H,10-12H2,(H,26,28)/t16-,17-,18+,19+/m1/s1. The van der Waals surface area contributed by atoms with Crippen LogP contribution in [0.5, 0.6) is 0 Å². The van der Waals surface area contributed by atoms with Gasteiger partial charge < -0.3 is 10.1 Å². The maximum absolute atomic E-state index is 12.9. The molecule has 9 heteroatoms. The quantitative estimate of drug-likeness (QED) is 0.406. The lowest BCUT2D eigenvalue weighted by Crippen LogP contribution is -2.34. The molecule has 2 aromatic rings. The van der Waals surface area contributed by atoms with Crippen molar-refractivity contribution < 1.29 is 23.9 Å². The minimum atomic E-state index is -0.742. The molecule has 1 aliphatic carbocycles. The molecule has 1 heterocycles. The van der Waals surface area contributed by atoms with E-state index >= 15 is 0 Å². The van der Waals surface area contributed by atoms with Gasteiger partial charge in [0, 0.05) is 5.69 Å². The first-order valence-electron chi connectivity index (χ1n) is 10.1. The third kappa shape index (κ3) is 4.49. The van der Waals surface area contributed by atoms with Crippen molar-refractivity contribution in [3.05, 3.63) is 60.2 Å². The summed E-state index contributed by atoms with van der Waals surface area (Å²) >= 11 is 12.4. The van der Waals surface area contributed by atoms with Gasteiger partial charge in [0.2, 0.25) is 11.8 Å². The van der Waals surface area contributed by atoms with Crippen molar-refractivity contribution in [2.45, 2.75) is 23.6 Å². The van der Waals surface area contributed by atoms with Gasteiger partial charge in [-0.25, -0.2) is 4.79 Å². The van der Waals surface area contributed by atoms with Gasteiger partial charge in [-0.3, -0.25) is 19.3 Å². The molecule has 1 aliphatic heterocycles. The molecule has 166 valence electrons. The van der Waals surface area contributed by atoms with E-state index in [2.05, 4.69) is 5.32 Å². The summed E-state index contributed by atoms with van der Waals surface area (Å²) in [6.45, 7) is -0.474. The topological polar surface area (TPSA) is 92.8 Å². The fourth-order valence-electron chi connectivity index (χ4n) is 4.05. The summed E-state index contributed by atoms with van der Waals surface area (Å²) in [5, 5.41) is 1.86. The number of amides is 3. The molecule has 4 rings (SSSR count). The number of halogens is 2. The number of esters is 1. The van der Waals surface area contributed by atoms with Crippen LogP contribution in [0.2, 0.25) is 0 Å². The summed E-state index contributed by atoms with van der Waals surface area (Å²) in [7, 11) is 0. The third-order valence-corrected chi connectivity index (χ3v) is 6.74. The highest BCUT2D eigenvalue weighted by molar-refractivity contribution is 6.31. The summed E-state index contributed by atoms with van der Waals surface area (Å²) < 4.78 is 5.08. The summed E-state index contributed by atoms with van der Waals surface area (Å²) in [5.41, 5.74) is 0.979. The Kier molecular flexibility index (Phi) is 6.48. The van der Waals surface area contributed by atoms with Gasteiger partial charge in [0.05, 0.1) is 33.8 Å². The Morgan fingerprint density at radius 3 is 2.19 bits per heavy atom. The van der Waals surface area contributed by atoms with E-state index in [0.717, 1.165) is 4.90 Å². The number of imide groups is 1. The van der Waals surface area contributed by atoms with Crippen molar-refractivity contribution in [2.75, 3.05) is 16.8 Å². The molecule has 0 spiro atoms. The zero-order valence-corrected chi connectivity index (χ0v) is 18.4. The molecule has 1 N–H and O–H groups in total. The van der Waals surface area contributed by atoms with Crippen LogP contribution in [-0.2, 0) is 19.1 Å². The second kappa shape index (κ2) is 9.30. The number of carbonyl (C=O) groups is 4. The molecule has 2 aromatic carbocycles. The predicted molar refractivity (Wildman–Crippen MR) is 120 cm³/mol. The van der Waals surface area contributed by atoms with Gasteiger partial charge in [0.25, 0.3) is 5.91 Å². The Bertz CT molecular complexity index is 1030. The van der Waals surface area contributed by atoms with Crippen molar-refractivity contribution in [3.63, 3.8) is 0 Å². The number of anilines is 2. The molecule has 32 heavy (non-hydrogen) atoms. The van der Waals surface area contributed by atoms with Crippen LogP contribution < -0.4 is 10.2 Å². The average molecular weight is 475 g/mol. The molecule has 0 aromatic heterocycles. The molecular formula is C23H20Cl2N2O5. The molecule has 0 unspecified atom stereocenters. The van der Waals surface area contributed by atoms with Gasteiger partial charge in [-0.05, 0) is 43.2 Å². The van der Waals surface area contributed by atoms with Gasteiger partial charge in [-0.1, -0.05) is 24.3 Å². The second-order valence-electron chi connectivity index (χ2n) is 7.77. The number of para-hydroxylation sites is 1. The Balaban J connectivity index is 1.43. The Hall–Kier alpha value is -2.90. The van der Waals surface area contributed by atoms with Gasteiger partial charge >= 0.3 is 5.97 Å². The van der Waals surface area contributed by atoms with Crippen LogP contribution in [0.15, 0.2) is 54.6 Å². The molecule has 3 amide bonds. The third-order valence-electron chi connectivity index (χ3n) is 5.64. The first-order valence-corrected chi connectivity index (χ1v) is 11.0. The van der Waals surface area contributed by atoms with Crippen molar-refractivity contribution >= 4 is 58.3 Å². The van der Waals surface area contributed by atoms with Gasteiger partial charge in [0.15, 0.2) is 6.61 Å². The maximum atomic E-state index is 12.9. The Labute approximate surface area is 194 Å². The Morgan fingerprint density at radius 1 is 0.938 bits per heavy atom. The van der Waals surface area contributed by atoms with Crippen molar-refractivity contribution in [1.82, 2.24) is 0 Å². The normalized spacial score (nSPS) is 24.8. The van der Waals surface area contributed by atoms with Gasteiger partial charge in [-0.15, -0.1) is 23.2 Å². The van der Waals surface area contributed by atoms with Crippen molar-refractivity contribution in [2.24, 2.45) is 11.8 Å². The van der Waals surface area contributed by atoms with E-state index in [1.807, 2.05) is 6.07 Å². The lowest BCUT2D eigenvalue weighted by molar-refractivity contribution is -0.122. The molecule has 2 fully saturated rings. The van der Waals surface area contributed by atoms with Crippen LogP contribution in [-0.4, -0.2) is 41.1 Å². The second-order valence-corrected chi connectivity index (χ2v) is 8.89. The monoisotopic (exact) mass is 474 g/mol. The van der Waals surface area contributed by atoms with Crippen LogP contribution in [0.3, 0.4) is 0 Å².